The van der Waals surface area contributed by atoms with Crippen LogP contribution in [0.15, 0.2) is 39.9 Å². The number of nitrogen functional groups attached to an aromatic ring is 1. The molecule has 2 aromatic rings. The Morgan fingerprint density at radius 1 is 1.11 bits per heavy atom. The van der Waals surface area contributed by atoms with Crippen molar-refractivity contribution in [3.8, 4) is 0 Å². The van der Waals surface area contributed by atoms with Gasteiger partial charge in [-0.2, -0.15) is 0 Å². The number of rotatable bonds is 3. The third kappa shape index (κ3) is 2.37. The topological polar surface area (TPSA) is 82.1 Å². The molecule has 0 saturated carbocycles. The smallest absolute Gasteiger partial charge is 0.332 e. The van der Waals surface area contributed by atoms with Gasteiger partial charge in [0.15, 0.2) is 0 Å². The van der Waals surface area contributed by atoms with E-state index in [9.17, 15) is 9.59 Å². The number of benzene rings is 1. The fourth-order valence-electron chi connectivity index (χ4n) is 1.87. The molecule has 19 heavy (non-hydrogen) atoms. The monoisotopic (exact) mass is 260 g/mol. The van der Waals surface area contributed by atoms with Gasteiger partial charge in [-0.05, 0) is 5.56 Å². The van der Waals surface area contributed by atoms with E-state index in [0.717, 1.165) is 10.1 Å². The molecule has 0 unspecified atom stereocenters. The van der Waals surface area contributed by atoms with Crippen molar-refractivity contribution in [1.82, 2.24) is 9.13 Å². The van der Waals surface area contributed by atoms with Crippen LogP contribution in [-0.4, -0.2) is 9.13 Å². The van der Waals surface area contributed by atoms with E-state index >= 15 is 0 Å². The average Bonchev–Trinajstić information content (AvgIpc) is 2.44. The lowest BCUT2D eigenvalue weighted by molar-refractivity contribution is 0.692. The van der Waals surface area contributed by atoms with Gasteiger partial charge < -0.3 is 11.1 Å². The molecule has 1 heterocycles. The average molecular weight is 260 g/mol. The van der Waals surface area contributed by atoms with Gasteiger partial charge in [-0.25, -0.2) is 4.79 Å². The summed E-state index contributed by atoms with van der Waals surface area (Å²) in [5.41, 5.74) is 5.95. The van der Waals surface area contributed by atoms with Crippen LogP contribution >= 0.6 is 0 Å². The lowest BCUT2D eigenvalue weighted by atomic mass is 10.2. The Morgan fingerprint density at radius 3 is 2.37 bits per heavy atom. The molecule has 0 aliphatic carbocycles. The quantitative estimate of drug-likeness (QED) is 0.830. The van der Waals surface area contributed by atoms with Gasteiger partial charge in [0.2, 0.25) is 0 Å². The summed E-state index contributed by atoms with van der Waals surface area (Å²) in [4.78, 5) is 23.6. The molecule has 0 fully saturated rings. The molecule has 0 spiro atoms. The molecule has 0 saturated heterocycles. The SMILES string of the molecule is Cn1c(NCc2ccccc2)c(N)c(=O)n(C)c1=O. The summed E-state index contributed by atoms with van der Waals surface area (Å²) in [6, 6.07) is 9.66. The maximum atomic E-state index is 11.8. The van der Waals surface area contributed by atoms with E-state index in [1.165, 1.54) is 11.6 Å². The normalized spacial score (nSPS) is 10.4. The van der Waals surface area contributed by atoms with E-state index in [2.05, 4.69) is 5.32 Å². The van der Waals surface area contributed by atoms with Crippen LogP contribution in [0.2, 0.25) is 0 Å². The lowest BCUT2D eigenvalue weighted by Crippen LogP contribution is -2.39. The molecule has 0 bridgehead atoms. The molecule has 2 rings (SSSR count). The van der Waals surface area contributed by atoms with Crippen LogP contribution in [0.25, 0.3) is 0 Å². The van der Waals surface area contributed by atoms with E-state index in [4.69, 9.17) is 5.73 Å². The second-order valence-corrected chi connectivity index (χ2v) is 4.31. The van der Waals surface area contributed by atoms with E-state index < -0.39 is 11.2 Å². The summed E-state index contributed by atoms with van der Waals surface area (Å²) >= 11 is 0. The lowest BCUT2D eigenvalue weighted by Gasteiger charge is -2.14. The fraction of sp³-hybridized carbons (Fsp3) is 0.231. The molecular weight excluding hydrogens is 244 g/mol. The Morgan fingerprint density at radius 2 is 1.74 bits per heavy atom. The van der Waals surface area contributed by atoms with E-state index in [1.54, 1.807) is 7.05 Å². The van der Waals surface area contributed by atoms with Crippen LogP contribution < -0.4 is 22.3 Å². The van der Waals surface area contributed by atoms with E-state index in [-0.39, 0.29) is 5.69 Å². The van der Waals surface area contributed by atoms with Gasteiger partial charge in [0.25, 0.3) is 5.56 Å². The minimum absolute atomic E-state index is 0.0422. The third-order valence-electron chi connectivity index (χ3n) is 3.00. The summed E-state index contributed by atoms with van der Waals surface area (Å²) in [5.74, 6) is 0.344. The van der Waals surface area contributed by atoms with Crippen LogP contribution in [-0.2, 0) is 20.6 Å². The Hall–Kier alpha value is -2.50. The molecule has 0 radical (unpaired) electrons. The maximum Gasteiger partial charge on any atom is 0.332 e. The van der Waals surface area contributed by atoms with Crippen molar-refractivity contribution in [2.75, 3.05) is 11.1 Å². The standard InChI is InChI=1S/C13H16N4O2/c1-16-11(10(14)12(18)17(2)13(16)19)15-8-9-6-4-3-5-7-9/h3-7,15H,8,14H2,1-2H3. The molecule has 1 aromatic heterocycles. The van der Waals surface area contributed by atoms with Crippen molar-refractivity contribution in [2.24, 2.45) is 14.1 Å². The van der Waals surface area contributed by atoms with Crippen molar-refractivity contribution >= 4 is 11.5 Å². The molecule has 100 valence electrons. The second-order valence-electron chi connectivity index (χ2n) is 4.31. The predicted molar refractivity (Wildman–Crippen MR) is 75.1 cm³/mol. The highest BCUT2D eigenvalue weighted by atomic mass is 16.2. The second kappa shape index (κ2) is 5.01. The summed E-state index contributed by atoms with van der Waals surface area (Å²) in [6.07, 6.45) is 0. The highest BCUT2D eigenvalue weighted by Gasteiger charge is 2.12. The predicted octanol–water partition coefficient (Wildman–Crippen LogP) is 0.278. The van der Waals surface area contributed by atoms with Crippen LogP contribution in [0.5, 0.6) is 0 Å². The number of aromatic nitrogens is 2. The first-order valence-electron chi connectivity index (χ1n) is 5.85. The Balaban J connectivity index is 2.36. The first kappa shape index (κ1) is 12.9. The first-order valence-corrected chi connectivity index (χ1v) is 5.85. The Labute approximate surface area is 110 Å². The third-order valence-corrected chi connectivity index (χ3v) is 3.00. The van der Waals surface area contributed by atoms with Crippen LogP contribution in [0.4, 0.5) is 11.5 Å². The van der Waals surface area contributed by atoms with Gasteiger partial charge >= 0.3 is 5.69 Å². The van der Waals surface area contributed by atoms with Gasteiger partial charge in [-0.1, -0.05) is 30.3 Å². The first-order chi connectivity index (χ1) is 9.02. The summed E-state index contributed by atoms with van der Waals surface area (Å²) in [6.45, 7) is 0.492. The minimum Gasteiger partial charge on any atom is -0.391 e. The van der Waals surface area contributed by atoms with E-state index in [0.29, 0.717) is 12.4 Å². The zero-order valence-corrected chi connectivity index (χ0v) is 10.9. The summed E-state index contributed by atoms with van der Waals surface area (Å²) in [7, 11) is 2.98. The van der Waals surface area contributed by atoms with Crippen LogP contribution in [0, 0.1) is 0 Å². The fourth-order valence-corrected chi connectivity index (χ4v) is 1.87. The number of hydrogen-bond donors (Lipinski definition) is 2. The number of hydrogen-bond acceptors (Lipinski definition) is 4. The van der Waals surface area contributed by atoms with Gasteiger partial charge in [0, 0.05) is 20.6 Å². The number of nitrogens with zero attached hydrogens (tertiary/aromatic N) is 2. The Bertz CT molecular complexity index is 664. The van der Waals surface area contributed by atoms with E-state index in [1.807, 2.05) is 30.3 Å². The molecular formula is C13H16N4O2. The van der Waals surface area contributed by atoms with Gasteiger partial charge in [-0.3, -0.25) is 13.9 Å². The van der Waals surface area contributed by atoms with Crippen molar-refractivity contribution in [2.45, 2.75) is 6.54 Å². The molecule has 1 aromatic carbocycles. The molecule has 0 aliphatic rings. The highest BCUT2D eigenvalue weighted by Crippen LogP contribution is 2.11. The van der Waals surface area contributed by atoms with Gasteiger partial charge in [0.05, 0.1) is 0 Å². The van der Waals surface area contributed by atoms with Crippen molar-refractivity contribution in [1.29, 1.82) is 0 Å². The summed E-state index contributed by atoms with van der Waals surface area (Å²) < 4.78 is 2.32. The number of nitrogens with two attached hydrogens (primary N) is 1. The molecule has 0 atom stereocenters. The van der Waals surface area contributed by atoms with Crippen molar-refractivity contribution in [3.63, 3.8) is 0 Å². The molecule has 6 heteroatoms. The Kier molecular flexibility index (Phi) is 3.41. The zero-order chi connectivity index (χ0) is 14.0. The van der Waals surface area contributed by atoms with Crippen molar-refractivity contribution in [3.05, 3.63) is 56.7 Å². The molecule has 3 N–H and O–H groups in total. The highest BCUT2D eigenvalue weighted by molar-refractivity contribution is 5.60. The molecule has 0 amide bonds. The van der Waals surface area contributed by atoms with Gasteiger partial charge in [-0.15, -0.1) is 0 Å². The largest absolute Gasteiger partial charge is 0.391 e. The maximum absolute atomic E-state index is 11.8. The number of nitrogens with one attached hydrogen (secondary N) is 1. The van der Waals surface area contributed by atoms with Gasteiger partial charge in [0.1, 0.15) is 11.5 Å². The number of anilines is 2. The van der Waals surface area contributed by atoms with Crippen LogP contribution in [0.3, 0.4) is 0 Å². The van der Waals surface area contributed by atoms with Crippen molar-refractivity contribution < 1.29 is 0 Å². The molecule has 6 nitrogen and oxygen atoms in total. The minimum atomic E-state index is -0.487. The molecule has 0 aliphatic heterocycles. The summed E-state index contributed by atoms with van der Waals surface area (Å²) in [5, 5.41) is 3.03. The van der Waals surface area contributed by atoms with Crippen LogP contribution in [0.1, 0.15) is 5.56 Å². The zero-order valence-electron chi connectivity index (χ0n) is 10.9.